The Hall–Kier alpha value is -4.24. The van der Waals surface area contributed by atoms with Crippen LogP contribution in [-0.4, -0.2) is 31.7 Å². The molecule has 0 aliphatic carbocycles. The maximum Gasteiger partial charge on any atom is 0.251 e. The number of nitrogens with zero attached hydrogens (tertiary/aromatic N) is 1. The highest BCUT2D eigenvalue weighted by molar-refractivity contribution is 5.94. The Morgan fingerprint density at radius 2 is 1.78 bits per heavy atom. The minimum atomic E-state index is -0.207. The first-order chi connectivity index (χ1) is 15.7. The molecule has 0 aliphatic heterocycles. The van der Waals surface area contributed by atoms with E-state index in [1.807, 2.05) is 42.6 Å². The second kappa shape index (κ2) is 9.27. The number of hydrogen-bond donors (Lipinski definition) is 2. The molecule has 6 nitrogen and oxygen atoms in total. The maximum atomic E-state index is 12.8. The third kappa shape index (κ3) is 4.01. The second-order valence-corrected chi connectivity index (χ2v) is 7.32. The Labute approximate surface area is 186 Å². The highest BCUT2D eigenvalue weighted by Gasteiger charge is 2.24. The van der Waals surface area contributed by atoms with Crippen molar-refractivity contribution in [1.29, 1.82) is 5.26 Å². The van der Waals surface area contributed by atoms with E-state index in [1.54, 1.807) is 38.5 Å². The normalized spacial score (nSPS) is 11.5. The highest BCUT2D eigenvalue weighted by atomic mass is 16.5. The Bertz CT molecular complexity index is 1290. The van der Waals surface area contributed by atoms with Crippen LogP contribution >= 0.6 is 0 Å². The third-order valence-electron chi connectivity index (χ3n) is 5.55. The zero-order valence-electron chi connectivity index (χ0n) is 17.9. The molecule has 2 N–H and O–H groups in total. The van der Waals surface area contributed by atoms with E-state index < -0.39 is 0 Å². The molecule has 0 spiro atoms. The summed E-state index contributed by atoms with van der Waals surface area (Å²) >= 11 is 0. The fourth-order valence-corrected chi connectivity index (χ4v) is 3.95. The molecular weight excluding hydrogens is 402 g/mol. The molecule has 1 unspecified atom stereocenters. The summed E-state index contributed by atoms with van der Waals surface area (Å²) in [5, 5.41) is 13.1. The van der Waals surface area contributed by atoms with Gasteiger partial charge in [-0.25, -0.2) is 0 Å². The average Bonchev–Trinajstić information content (AvgIpc) is 3.27. The fraction of sp³-hybridized carbons (Fsp3) is 0.154. The van der Waals surface area contributed by atoms with Crippen LogP contribution in [0.5, 0.6) is 11.5 Å². The number of carbonyl (C=O) groups is 1. The number of para-hydroxylation sites is 2. The van der Waals surface area contributed by atoms with Gasteiger partial charge in [0.2, 0.25) is 0 Å². The standard InChI is InChI=1S/C26H23N3O3/c1-31-24-9-5-7-20(25(24)32-2)22(21-15-28-23-8-4-3-6-19(21)23)16-29-26(30)18-12-10-17(14-27)11-13-18/h3-13,15,22,28H,16H2,1-2H3,(H,29,30). The number of nitriles is 1. The molecule has 4 aromatic rings. The fourth-order valence-electron chi connectivity index (χ4n) is 3.95. The lowest BCUT2D eigenvalue weighted by Crippen LogP contribution is -2.29. The number of hydrogen-bond acceptors (Lipinski definition) is 4. The van der Waals surface area contributed by atoms with Crippen molar-refractivity contribution in [2.45, 2.75) is 5.92 Å². The van der Waals surface area contributed by atoms with Crippen molar-refractivity contribution in [3.63, 3.8) is 0 Å². The SMILES string of the molecule is COc1cccc(C(CNC(=O)c2ccc(C#N)cc2)c2c[nH]c3ccccc23)c1OC. The van der Waals surface area contributed by atoms with Crippen molar-refractivity contribution in [3.8, 4) is 17.6 Å². The number of H-pyrrole nitrogens is 1. The second-order valence-electron chi connectivity index (χ2n) is 7.32. The molecule has 1 heterocycles. The Morgan fingerprint density at radius 3 is 2.50 bits per heavy atom. The largest absolute Gasteiger partial charge is 0.493 e. The van der Waals surface area contributed by atoms with Crippen LogP contribution in [0.2, 0.25) is 0 Å². The average molecular weight is 425 g/mol. The predicted octanol–water partition coefficient (Wildman–Crippen LogP) is 4.62. The number of amides is 1. The molecule has 0 saturated heterocycles. The van der Waals surface area contributed by atoms with E-state index in [1.165, 1.54) is 0 Å². The van der Waals surface area contributed by atoms with Gasteiger partial charge < -0.3 is 19.8 Å². The number of nitrogens with one attached hydrogen (secondary N) is 2. The molecule has 0 bridgehead atoms. The van der Waals surface area contributed by atoms with Gasteiger partial charge >= 0.3 is 0 Å². The molecule has 0 radical (unpaired) electrons. The number of methoxy groups -OCH3 is 2. The predicted molar refractivity (Wildman–Crippen MR) is 123 cm³/mol. The zero-order valence-corrected chi connectivity index (χ0v) is 17.9. The zero-order chi connectivity index (χ0) is 22.5. The lowest BCUT2D eigenvalue weighted by Gasteiger charge is -2.22. The summed E-state index contributed by atoms with van der Waals surface area (Å²) in [4.78, 5) is 16.2. The Morgan fingerprint density at radius 1 is 1.00 bits per heavy atom. The number of benzene rings is 3. The van der Waals surface area contributed by atoms with Gasteiger partial charge in [0.25, 0.3) is 5.91 Å². The molecule has 32 heavy (non-hydrogen) atoms. The number of aromatic nitrogens is 1. The van der Waals surface area contributed by atoms with E-state index in [-0.39, 0.29) is 11.8 Å². The molecule has 4 rings (SSSR count). The van der Waals surface area contributed by atoms with Gasteiger partial charge in [-0.3, -0.25) is 4.79 Å². The number of aromatic amines is 1. The van der Waals surface area contributed by atoms with Crippen LogP contribution in [0.15, 0.2) is 72.9 Å². The molecule has 6 heteroatoms. The van der Waals surface area contributed by atoms with Crippen molar-refractivity contribution in [2.24, 2.45) is 0 Å². The smallest absolute Gasteiger partial charge is 0.251 e. The number of carbonyl (C=O) groups excluding carboxylic acids is 1. The minimum absolute atomic E-state index is 0.182. The monoisotopic (exact) mass is 425 g/mol. The van der Waals surface area contributed by atoms with E-state index in [0.29, 0.717) is 29.2 Å². The number of rotatable bonds is 7. The summed E-state index contributed by atoms with van der Waals surface area (Å²) in [6.07, 6.45) is 1.97. The van der Waals surface area contributed by atoms with Crippen LogP contribution in [0, 0.1) is 11.3 Å². The quantitative estimate of drug-likeness (QED) is 0.452. The van der Waals surface area contributed by atoms with Gasteiger partial charge in [0.05, 0.1) is 25.9 Å². The lowest BCUT2D eigenvalue weighted by atomic mass is 9.89. The molecule has 160 valence electrons. The van der Waals surface area contributed by atoms with Gasteiger partial charge in [-0.1, -0.05) is 30.3 Å². The van der Waals surface area contributed by atoms with Gasteiger partial charge in [0, 0.05) is 40.7 Å². The first-order valence-corrected chi connectivity index (χ1v) is 10.2. The van der Waals surface area contributed by atoms with E-state index in [4.69, 9.17) is 14.7 Å². The lowest BCUT2D eigenvalue weighted by molar-refractivity contribution is 0.0952. The molecular formula is C26H23N3O3. The van der Waals surface area contributed by atoms with Crippen LogP contribution in [0.25, 0.3) is 10.9 Å². The Balaban J connectivity index is 1.72. The summed E-state index contributed by atoms with van der Waals surface area (Å²) in [6.45, 7) is 0.351. The van der Waals surface area contributed by atoms with Crippen molar-refractivity contribution in [1.82, 2.24) is 10.3 Å². The van der Waals surface area contributed by atoms with Gasteiger partial charge in [0.1, 0.15) is 0 Å². The van der Waals surface area contributed by atoms with Crippen molar-refractivity contribution < 1.29 is 14.3 Å². The summed E-state index contributed by atoms with van der Waals surface area (Å²) < 4.78 is 11.2. The van der Waals surface area contributed by atoms with Crippen molar-refractivity contribution >= 4 is 16.8 Å². The van der Waals surface area contributed by atoms with Gasteiger partial charge in [-0.05, 0) is 42.0 Å². The van der Waals surface area contributed by atoms with E-state index >= 15 is 0 Å². The van der Waals surface area contributed by atoms with Crippen LogP contribution in [0.4, 0.5) is 0 Å². The molecule has 0 saturated carbocycles. The van der Waals surface area contributed by atoms with Gasteiger partial charge in [-0.2, -0.15) is 5.26 Å². The third-order valence-corrected chi connectivity index (χ3v) is 5.55. The first-order valence-electron chi connectivity index (χ1n) is 10.2. The van der Waals surface area contributed by atoms with Crippen LogP contribution in [-0.2, 0) is 0 Å². The minimum Gasteiger partial charge on any atom is -0.493 e. The molecule has 1 aromatic heterocycles. The molecule has 0 aliphatic rings. The molecule has 0 fully saturated rings. The van der Waals surface area contributed by atoms with Crippen LogP contribution in [0.1, 0.15) is 33.0 Å². The van der Waals surface area contributed by atoms with Gasteiger partial charge in [0.15, 0.2) is 11.5 Å². The van der Waals surface area contributed by atoms with E-state index in [2.05, 4.69) is 22.4 Å². The summed E-state index contributed by atoms with van der Waals surface area (Å²) in [5.41, 5.74) is 4.00. The summed E-state index contributed by atoms with van der Waals surface area (Å²) in [7, 11) is 3.22. The van der Waals surface area contributed by atoms with Crippen LogP contribution < -0.4 is 14.8 Å². The van der Waals surface area contributed by atoms with Crippen molar-refractivity contribution in [3.05, 3.63) is 95.2 Å². The number of fused-ring (bicyclic) bond motifs is 1. The van der Waals surface area contributed by atoms with Gasteiger partial charge in [-0.15, -0.1) is 0 Å². The van der Waals surface area contributed by atoms with E-state index in [9.17, 15) is 4.79 Å². The van der Waals surface area contributed by atoms with Crippen LogP contribution in [0.3, 0.4) is 0 Å². The van der Waals surface area contributed by atoms with E-state index in [0.717, 1.165) is 22.0 Å². The topological polar surface area (TPSA) is 87.1 Å². The summed E-state index contributed by atoms with van der Waals surface area (Å²) in [6, 6.07) is 22.5. The maximum absolute atomic E-state index is 12.8. The Kier molecular flexibility index (Phi) is 6.09. The highest BCUT2D eigenvalue weighted by Crippen LogP contribution is 2.40. The molecule has 3 aromatic carbocycles. The molecule has 1 amide bonds. The number of ether oxygens (including phenoxy) is 2. The molecule has 1 atom stereocenters. The van der Waals surface area contributed by atoms with Crippen molar-refractivity contribution in [2.75, 3.05) is 20.8 Å². The first kappa shape index (κ1) is 21.0. The summed E-state index contributed by atoms with van der Waals surface area (Å²) in [5.74, 6) is 0.880.